The van der Waals surface area contributed by atoms with Crippen LogP contribution >= 0.6 is 0 Å². The van der Waals surface area contributed by atoms with E-state index in [-0.39, 0.29) is 6.61 Å². The van der Waals surface area contributed by atoms with E-state index in [0.29, 0.717) is 0 Å². The molecule has 0 bridgehead atoms. The molecule has 0 aromatic heterocycles. The maximum Gasteiger partial charge on any atom is 0.405 e. The maximum absolute atomic E-state index is 11.8. The Labute approximate surface area is 66.9 Å². The van der Waals surface area contributed by atoms with Gasteiger partial charge in [0.1, 0.15) is 12.1 Å². The predicted molar refractivity (Wildman–Crippen MR) is 33.4 cm³/mol. The van der Waals surface area contributed by atoms with Crippen molar-refractivity contribution >= 4 is 5.97 Å². The zero-order chi connectivity index (χ0) is 9.35. The Morgan fingerprint density at radius 2 is 2.17 bits per heavy atom. The Morgan fingerprint density at radius 3 is 2.50 bits per heavy atom. The Bertz CT molecular complexity index is 192. The van der Waals surface area contributed by atoms with E-state index in [4.69, 9.17) is 0 Å². The first-order valence-corrected chi connectivity index (χ1v) is 3.46. The van der Waals surface area contributed by atoms with Gasteiger partial charge in [0.15, 0.2) is 0 Å². The van der Waals surface area contributed by atoms with Crippen molar-refractivity contribution in [1.82, 2.24) is 5.32 Å². The highest BCUT2D eigenvalue weighted by molar-refractivity contribution is 5.80. The Hall–Kier alpha value is -0.780. The number of carbonyl (C=O) groups is 1. The Kier molecular flexibility index (Phi) is 2.27. The van der Waals surface area contributed by atoms with E-state index in [1.54, 1.807) is 6.92 Å². The fraction of sp³-hybridized carbons (Fsp3) is 0.833. The third kappa shape index (κ3) is 1.88. The van der Waals surface area contributed by atoms with Gasteiger partial charge in [-0.1, -0.05) is 0 Å². The number of ether oxygens (including phenoxy) is 1. The first-order chi connectivity index (χ1) is 5.46. The molecule has 3 nitrogen and oxygen atoms in total. The minimum absolute atomic E-state index is 0.0988. The normalized spacial score (nSPS) is 28.3. The van der Waals surface area contributed by atoms with Crippen LogP contribution in [0.25, 0.3) is 0 Å². The molecule has 1 aliphatic rings. The van der Waals surface area contributed by atoms with E-state index in [9.17, 15) is 18.0 Å². The van der Waals surface area contributed by atoms with E-state index in [2.05, 4.69) is 4.74 Å². The Morgan fingerprint density at radius 1 is 1.58 bits per heavy atom. The first-order valence-electron chi connectivity index (χ1n) is 3.46. The van der Waals surface area contributed by atoms with E-state index in [1.165, 1.54) is 0 Å². The van der Waals surface area contributed by atoms with E-state index in [1.807, 2.05) is 5.32 Å². The number of carbonyl (C=O) groups excluding carboxylic acids is 1. The second kappa shape index (κ2) is 2.93. The summed E-state index contributed by atoms with van der Waals surface area (Å²) in [7, 11) is 0. The quantitative estimate of drug-likeness (QED) is 0.499. The van der Waals surface area contributed by atoms with Gasteiger partial charge in [-0.2, -0.15) is 13.2 Å². The van der Waals surface area contributed by atoms with Crippen LogP contribution in [0.2, 0.25) is 0 Å². The average molecular weight is 183 g/mol. The molecule has 0 unspecified atom stereocenters. The molecule has 1 heterocycles. The minimum Gasteiger partial charge on any atom is -0.465 e. The van der Waals surface area contributed by atoms with Crippen LogP contribution in [0.4, 0.5) is 13.2 Å². The van der Waals surface area contributed by atoms with Crippen molar-refractivity contribution in [3.63, 3.8) is 0 Å². The third-order valence-electron chi connectivity index (χ3n) is 1.48. The second-order valence-electron chi connectivity index (χ2n) is 2.42. The molecule has 1 fully saturated rings. The molecule has 1 N–H and O–H groups in total. The van der Waals surface area contributed by atoms with Gasteiger partial charge < -0.3 is 4.74 Å². The number of rotatable bonds is 2. The zero-order valence-corrected chi connectivity index (χ0v) is 6.31. The van der Waals surface area contributed by atoms with Gasteiger partial charge in [-0.25, -0.2) is 0 Å². The molecule has 0 radical (unpaired) electrons. The van der Waals surface area contributed by atoms with E-state index in [0.717, 1.165) is 0 Å². The van der Waals surface area contributed by atoms with Crippen molar-refractivity contribution < 1.29 is 22.7 Å². The highest BCUT2D eigenvalue weighted by Crippen LogP contribution is 2.31. The monoisotopic (exact) mass is 183 g/mol. The minimum atomic E-state index is -4.35. The largest absolute Gasteiger partial charge is 0.465 e. The lowest BCUT2D eigenvalue weighted by Crippen LogP contribution is -2.24. The van der Waals surface area contributed by atoms with Crippen LogP contribution in [0, 0.1) is 0 Å². The van der Waals surface area contributed by atoms with Gasteiger partial charge in [0, 0.05) is 0 Å². The summed E-state index contributed by atoms with van der Waals surface area (Å²) in [6, 6.07) is -2.90. The SMILES string of the molecule is CCOC(=O)[C@H]1N[C@@H]1C(F)(F)F. The van der Waals surface area contributed by atoms with Gasteiger partial charge in [0.2, 0.25) is 0 Å². The van der Waals surface area contributed by atoms with Crippen LogP contribution in [0.1, 0.15) is 6.92 Å². The molecular formula is C6H8F3NO2. The summed E-state index contributed by atoms with van der Waals surface area (Å²) in [6.07, 6.45) is -4.35. The highest BCUT2D eigenvalue weighted by atomic mass is 19.4. The number of nitrogens with one attached hydrogen (secondary N) is 1. The van der Waals surface area contributed by atoms with Crippen molar-refractivity contribution in [3.8, 4) is 0 Å². The molecule has 0 amide bonds. The Balaban J connectivity index is 2.37. The molecular weight excluding hydrogens is 175 g/mol. The molecule has 6 heteroatoms. The summed E-state index contributed by atoms with van der Waals surface area (Å²) in [4.78, 5) is 10.7. The maximum atomic E-state index is 11.8. The summed E-state index contributed by atoms with van der Waals surface area (Å²) < 4.78 is 39.9. The van der Waals surface area contributed by atoms with Crippen molar-refractivity contribution in [1.29, 1.82) is 0 Å². The summed E-state index contributed by atoms with van der Waals surface area (Å²) in [5.41, 5.74) is 0. The third-order valence-corrected chi connectivity index (χ3v) is 1.48. The standard InChI is InChI=1S/C6H8F3NO2/c1-2-12-5(11)3-4(10-3)6(7,8)9/h3-4,10H,2H2,1H3/t3-,4-/m0/s1. The molecule has 12 heavy (non-hydrogen) atoms. The van der Waals surface area contributed by atoms with Gasteiger partial charge in [0.05, 0.1) is 6.61 Å². The second-order valence-corrected chi connectivity index (χ2v) is 2.42. The molecule has 0 aromatic carbocycles. The molecule has 0 aliphatic carbocycles. The van der Waals surface area contributed by atoms with Gasteiger partial charge in [-0.15, -0.1) is 0 Å². The molecule has 1 rings (SSSR count). The summed E-state index contributed by atoms with van der Waals surface area (Å²) in [5.74, 6) is -0.833. The smallest absolute Gasteiger partial charge is 0.405 e. The number of alkyl halides is 3. The van der Waals surface area contributed by atoms with Gasteiger partial charge in [-0.05, 0) is 6.92 Å². The molecule has 2 atom stereocenters. The lowest BCUT2D eigenvalue weighted by Gasteiger charge is -2.02. The predicted octanol–water partition coefficient (Wildman–Crippen LogP) is 0.452. The molecule has 0 aromatic rings. The lowest BCUT2D eigenvalue weighted by molar-refractivity contribution is -0.149. The first kappa shape index (κ1) is 9.31. The van der Waals surface area contributed by atoms with E-state index < -0.39 is 24.2 Å². The van der Waals surface area contributed by atoms with Crippen LogP contribution in [-0.2, 0) is 9.53 Å². The zero-order valence-electron chi connectivity index (χ0n) is 6.31. The topological polar surface area (TPSA) is 48.2 Å². The summed E-state index contributed by atoms with van der Waals surface area (Å²) >= 11 is 0. The fourth-order valence-electron chi connectivity index (χ4n) is 0.858. The number of hydrogen-bond acceptors (Lipinski definition) is 3. The van der Waals surface area contributed by atoms with Crippen molar-refractivity contribution in [3.05, 3.63) is 0 Å². The van der Waals surface area contributed by atoms with Crippen LogP contribution in [-0.4, -0.2) is 30.8 Å². The lowest BCUT2D eigenvalue weighted by atomic mass is 10.3. The molecule has 1 aliphatic heterocycles. The van der Waals surface area contributed by atoms with Crippen LogP contribution < -0.4 is 5.32 Å². The highest BCUT2D eigenvalue weighted by Gasteiger charge is 2.59. The van der Waals surface area contributed by atoms with Crippen LogP contribution in [0.3, 0.4) is 0 Å². The molecule has 0 spiro atoms. The van der Waals surface area contributed by atoms with Crippen molar-refractivity contribution in [2.45, 2.75) is 25.2 Å². The average Bonchev–Trinajstić information content (AvgIpc) is 2.62. The summed E-state index contributed by atoms with van der Waals surface area (Å²) in [5, 5.41) is 1.99. The summed E-state index contributed by atoms with van der Waals surface area (Å²) in [6.45, 7) is 1.64. The van der Waals surface area contributed by atoms with Crippen molar-refractivity contribution in [2.75, 3.05) is 6.61 Å². The molecule has 1 saturated heterocycles. The molecule has 0 saturated carbocycles. The van der Waals surface area contributed by atoms with Crippen molar-refractivity contribution in [2.24, 2.45) is 0 Å². The van der Waals surface area contributed by atoms with Gasteiger partial charge in [-0.3, -0.25) is 10.1 Å². The molecule has 70 valence electrons. The fourth-order valence-corrected chi connectivity index (χ4v) is 0.858. The van der Waals surface area contributed by atoms with E-state index >= 15 is 0 Å². The number of hydrogen-bond donors (Lipinski definition) is 1. The number of esters is 1. The van der Waals surface area contributed by atoms with Gasteiger partial charge >= 0.3 is 12.1 Å². The van der Waals surface area contributed by atoms with Crippen LogP contribution in [0.5, 0.6) is 0 Å². The number of halogens is 3. The van der Waals surface area contributed by atoms with Gasteiger partial charge in [0.25, 0.3) is 0 Å². The van der Waals surface area contributed by atoms with Crippen LogP contribution in [0.15, 0.2) is 0 Å².